The molecule has 0 radical (unpaired) electrons. The average molecular weight is 247 g/mol. The average Bonchev–Trinajstić information content (AvgIpc) is 2.84. The van der Waals surface area contributed by atoms with E-state index in [0.29, 0.717) is 18.1 Å². The van der Waals surface area contributed by atoms with Crippen LogP contribution in [0.4, 0.5) is 0 Å². The second-order valence-electron chi connectivity index (χ2n) is 5.12. The molecule has 2 rings (SSSR count). The first kappa shape index (κ1) is 13.1. The summed E-state index contributed by atoms with van der Waals surface area (Å²) in [6.45, 7) is 6.05. The van der Waals surface area contributed by atoms with Gasteiger partial charge >= 0.3 is 0 Å². The molecule has 1 aromatic rings. The van der Waals surface area contributed by atoms with Crippen molar-refractivity contribution in [2.45, 2.75) is 26.7 Å². The number of hydrogen-bond donors (Lipinski definition) is 1. The Hall–Kier alpha value is -1.35. The smallest absolute Gasteiger partial charge is 0.166 e. The summed E-state index contributed by atoms with van der Waals surface area (Å²) in [6, 6.07) is 3.91. The van der Waals surface area contributed by atoms with Crippen molar-refractivity contribution in [3.05, 3.63) is 28.8 Å². The first-order chi connectivity index (χ1) is 8.61. The highest BCUT2D eigenvalue weighted by Gasteiger charge is 2.21. The molecule has 1 heterocycles. The molecule has 1 unspecified atom stereocenters. The molecule has 1 N–H and O–H groups in total. The van der Waals surface area contributed by atoms with Gasteiger partial charge in [-0.25, -0.2) is 0 Å². The fourth-order valence-corrected chi connectivity index (χ4v) is 2.44. The van der Waals surface area contributed by atoms with Gasteiger partial charge in [-0.15, -0.1) is 0 Å². The molecule has 3 nitrogen and oxygen atoms in total. The van der Waals surface area contributed by atoms with Gasteiger partial charge in [0.2, 0.25) is 0 Å². The van der Waals surface area contributed by atoms with Crippen LogP contribution in [-0.2, 0) is 0 Å². The number of hydrogen-bond acceptors (Lipinski definition) is 3. The van der Waals surface area contributed by atoms with Crippen LogP contribution in [0.2, 0.25) is 0 Å². The van der Waals surface area contributed by atoms with E-state index in [9.17, 15) is 4.79 Å². The summed E-state index contributed by atoms with van der Waals surface area (Å²) in [5.41, 5.74) is 3.03. The number of nitrogens with one attached hydrogen (secondary N) is 1. The van der Waals surface area contributed by atoms with Gasteiger partial charge in [0, 0.05) is 6.42 Å². The SMILES string of the molecule is COc1cc(C)c(C)cc1C(=O)CC1CCNC1. The molecule has 98 valence electrons. The fraction of sp³-hybridized carbons (Fsp3) is 0.533. The third-order valence-corrected chi connectivity index (χ3v) is 3.75. The van der Waals surface area contributed by atoms with E-state index in [-0.39, 0.29) is 5.78 Å². The van der Waals surface area contributed by atoms with E-state index in [2.05, 4.69) is 5.32 Å². The number of Topliss-reactive ketones (excluding diaryl/α,β-unsaturated/α-hetero) is 1. The normalized spacial score (nSPS) is 18.9. The number of methoxy groups -OCH3 is 1. The van der Waals surface area contributed by atoms with Crippen LogP contribution in [0.25, 0.3) is 0 Å². The van der Waals surface area contributed by atoms with Crippen LogP contribution >= 0.6 is 0 Å². The summed E-state index contributed by atoms with van der Waals surface area (Å²) >= 11 is 0. The van der Waals surface area contributed by atoms with Gasteiger partial charge in [-0.2, -0.15) is 0 Å². The lowest BCUT2D eigenvalue weighted by molar-refractivity contribution is 0.0961. The molecule has 0 amide bonds. The Labute approximate surface area is 109 Å². The minimum absolute atomic E-state index is 0.198. The molecule has 1 aliphatic heterocycles. The zero-order chi connectivity index (χ0) is 13.1. The predicted octanol–water partition coefficient (Wildman–Crippen LogP) is 2.49. The molecular formula is C15H21NO2. The van der Waals surface area contributed by atoms with Crippen LogP contribution in [0.5, 0.6) is 5.75 Å². The van der Waals surface area contributed by atoms with Gasteiger partial charge in [-0.1, -0.05) is 0 Å². The lowest BCUT2D eigenvalue weighted by atomic mass is 9.95. The number of ketones is 1. The Morgan fingerprint density at radius 1 is 1.39 bits per heavy atom. The van der Waals surface area contributed by atoms with E-state index < -0.39 is 0 Å². The quantitative estimate of drug-likeness (QED) is 0.831. The number of aryl methyl sites for hydroxylation is 2. The Morgan fingerprint density at radius 3 is 2.72 bits per heavy atom. The van der Waals surface area contributed by atoms with Crippen molar-refractivity contribution < 1.29 is 9.53 Å². The summed E-state index contributed by atoms with van der Waals surface area (Å²) < 4.78 is 5.33. The van der Waals surface area contributed by atoms with Gasteiger partial charge in [0.1, 0.15) is 5.75 Å². The van der Waals surface area contributed by atoms with Crippen LogP contribution in [0, 0.1) is 19.8 Å². The maximum atomic E-state index is 12.3. The Bertz CT molecular complexity index is 448. The van der Waals surface area contributed by atoms with Gasteiger partial charge in [0.05, 0.1) is 12.7 Å². The molecule has 0 aliphatic carbocycles. The first-order valence-corrected chi connectivity index (χ1v) is 6.51. The molecule has 1 aliphatic rings. The number of carbonyl (C=O) groups excluding carboxylic acids is 1. The lowest BCUT2D eigenvalue weighted by Gasteiger charge is -2.13. The van der Waals surface area contributed by atoms with E-state index in [1.165, 1.54) is 0 Å². The largest absolute Gasteiger partial charge is 0.496 e. The highest BCUT2D eigenvalue weighted by molar-refractivity contribution is 5.99. The van der Waals surface area contributed by atoms with Crippen LogP contribution in [-0.4, -0.2) is 26.0 Å². The molecule has 0 spiro atoms. The lowest BCUT2D eigenvalue weighted by Crippen LogP contribution is -2.13. The van der Waals surface area contributed by atoms with E-state index in [1.807, 2.05) is 26.0 Å². The van der Waals surface area contributed by atoms with Crippen molar-refractivity contribution in [1.29, 1.82) is 0 Å². The summed E-state index contributed by atoms with van der Waals surface area (Å²) in [5.74, 6) is 1.38. The third-order valence-electron chi connectivity index (χ3n) is 3.75. The molecule has 1 fully saturated rings. The predicted molar refractivity (Wildman–Crippen MR) is 72.4 cm³/mol. The Kier molecular flexibility index (Phi) is 4.02. The van der Waals surface area contributed by atoms with Gasteiger partial charge in [0.25, 0.3) is 0 Å². The van der Waals surface area contributed by atoms with E-state index in [0.717, 1.165) is 36.2 Å². The van der Waals surface area contributed by atoms with Crippen LogP contribution < -0.4 is 10.1 Å². The van der Waals surface area contributed by atoms with Crippen molar-refractivity contribution in [3.63, 3.8) is 0 Å². The van der Waals surface area contributed by atoms with E-state index in [1.54, 1.807) is 7.11 Å². The number of benzene rings is 1. The number of rotatable bonds is 4. The summed E-state index contributed by atoms with van der Waals surface area (Å²) in [6.07, 6.45) is 1.71. The highest BCUT2D eigenvalue weighted by Crippen LogP contribution is 2.26. The van der Waals surface area contributed by atoms with E-state index in [4.69, 9.17) is 4.74 Å². The maximum Gasteiger partial charge on any atom is 0.166 e. The highest BCUT2D eigenvalue weighted by atomic mass is 16.5. The third kappa shape index (κ3) is 2.72. The fourth-order valence-electron chi connectivity index (χ4n) is 2.44. The van der Waals surface area contributed by atoms with Gasteiger partial charge in [-0.05, 0) is 62.5 Å². The molecule has 1 saturated heterocycles. The number of ether oxygens (including phenoxy) is 1. The Balaban J connectivity index is 2.20. The van der Waals surface area contributed by atoms with Crippen molar-refractivity contribution in [1.82, 2.24) is 5.32 Å². The first-order valence-electron chi connectivity index (χ1n) is 6.51. The van der Waals surface area contributed by atoms with Crippen LogP contribution in [0.1, 0.15) is 34.3 Å². The summed E-state index contributed by atoms with van der Waals surface area (Å²) in [5, 5.41) is 3.29. The standard InChI is InChI=1S/C15H21NO2/c1-10-6-13(15(18-3)7-11(10)2)14(17)8-12-4-5-16-9-12/h6-7,12,16H,4-5,8-9H2,1-3H3. The molecular weight excluding hydrogens is 226 g/mol. The minimum Gasteiger partial charge on any atom is -0.496 e. The van der Waals surface area contributed by atoms with Gasteiger partial charge < -0.3 is 10.1 Å². The van der Waals surface area contributed by atoms with Crippen LogP contribution in [0.3, 0.4) is 0 Å². The zero-order valence-corrected chi connectivity index (χ0v) is 11.4. The van der Waals surface area contributed by atoms with Crippen LogP contribution in [0.15, 0.2) is 12.1 Å². The maximum absolute atomic E-state index is 12.3. The molecule has 3 heteroatoms. The van der Waals surface area contributed by atoms with Gasteiger partial charge in [0.15, 0.2) is 5.78 Å². The minimum atomic E-state index is 0.198. The summed E-state index contributed by atoms with van der Waals surface area (Å²) in [7, 11) is 1.62. The second kappa shape index (κ2) is 5.53. The molecule has 1 atom stereocenters. The summed E-state index contributed by atoms with van der Waals surface area (Å²) in [4.78, 5) is 12.3. The topological polar surface area (TPSA) is 38.3 Å². The van der Waals surface area contributed by atoms with Crippen molar-refractivity contribution in [3.8, 4) is 5.75 Å². The van der Waals surface area contributed by atoms with Crippen molar-refractivity contribution in [2.75, 3.05) is 20.2 Å². The molecule has 0 saturated carbocycles. The molecule has 0 aromatic heterocycles. The van der Waals surface area contributed by atoms with Crippen molar-refractivity contribution in [2.24, 2.45) is 5.92 Å². The van der Waals surface area contributed by atoms with Gasteiger partial charge in [-0.3, -0.25) is 4.79 Å². The Morgan fingerprint density at radius 2 is 2.11 bits per heavy atom. The molecule has 18 heavy (non-hydrogen) atoms. The number of carbonyl (C=O) groups is 1. The zero-order valence-electron chi connectivity index (χ0n) is 11.4. The van der Waals surface area contributed by atoms with Crippen molar-refractivity contribution >= 4 is 5.78 Å². The monoisotopic (exact) mass is 247 g/mol. The second-order valence-corrected chi connectivity index (χ2v) is 5.12. The molecule has 0 bridgehead atoms. The van der Waals surface area contributed by atoms with E-state index >= 15 is 0 Å². The molecule has 1 aromatic carbocycles.